The van der Waals surface area contributed by atoms with E-state index >= 15 is 0 Å². The number of carbonyl (C=O) groups is 2. The van der Waals surface area contributed by atoms with Crippen LogP contribution in [0.2, 0.25) is 0 Å². The molecule has 7 heteroatoms. The van der Waals surface area contributed by atoms with Crippen molar-refractivity contribution in [1.82, 2.24) is 10.6 Å². The molecular weight excluding hydrogens is 328 g/mol. The molecule has 1 heterocycles. The average molecular weight is 350 g/mol. The van der Waals surface area contributed by atoms with E-state index in [1.807, 2.05) is 37.4 Å². The zero-order chi connectivity index (χ0) is 17.5. The molecule has 1 aromatic rings. The van der Waals surface area contributed by atoms with Gasteiger partial charge in [0, 0.05) is 11.4 Å². The normalized spacial score (nSPS) is 20.1. The van der Waals surface area contributed by atoms with Crippen LogP contribution >= 0.6 is 11.8 Å². The summed E-state index contributed by atoms with van der Waals surface area (Å²) in [6.07, 6.45) is 1.94. The molecule has 0 aromatic heterocycles. The van der Waals surface area contributed by atoms with Gasteiger partial charge < -0.3 is 20.1 Å². The molecule has 2 rings (SSSR count). The molecule has 0 spiro atoms. The van der Waals surface area contributed by atoms with Crippen LogP contribution in [0.1, 0.15) is 18.5 Å². The third-order valence-electron chi connectivity index (χ3n) is 3.61. The van der Waals surface area contributed by atoms with Gasteiger partial charge in [-0.15, -0.1) is 0 Å². The summed E-state index contributed by atoms with van der Waals surface area (Å²) in [7, 11) is 0. The van der Waals surface area contributed by atoms with Gasteiger partial charge in [-0.1, -0.05) is 18.7 Å². The molecule has 1 fully saturated rings. The van der Waals surface area contributed by atoms with Gasteiger partial charge >= 0.3 is 12.0 Å². The predicted octanol–water partition coefficient (Wildman–Crippen LogP) is 2.48. The molecule has 1 aliphatic rings. The van der Waals surface area contributed by atoms with Gasteiger partial charge in [0.2, 0.25) is 0 Å². The highest BCUT2D eigenvalue weighted by Gasteiger charge is 2.38. The smallest absolute Gasteiger partial charge is 0.319 e. The van der Waals surface area contributed by atoms with Gasteiger partial charge in [-0.2, -0.15) is 11.8 Å². The van der Waals surface area contributed by atoms with E-state index in [1.165, 1.54) is 0 Å². The number of carbonyl (C=O) groups excluding carboxylic acids is 2. The van der Waals surface area contributed by atoms with Crippen molar-refractivity contribution in [1.29, 1.82) is 0 Å². The predicted molar refractivity (Wildman–Crippen MR) is 94.0 cm³/mol. The molecular formula is C17H22N2O4S. The second kappa shape index (κ2) is 8.63. The molecule has 1 aromatic carbocycles. The number of benzene rings is 1. The maximum absolute atomic E-state index is 12.4. The molecule has 0 radical (unpaired) electrons. The van der Waals surface area contributed by atoms with Crippen molar-refractivity contribution in [2.75, 3.05) is 25.2 Å². The second-order valence-electron chi connectivity index (χ2n) is 5.24. The molecule has 1 saturated heterocycles. The Morgan fingerprint density at radius 1 is 1.33 bits per heavy atom. The van der Waals surface area contributed by atoms with Crippen LogP contribution in [0.3, 0.4) is 0 Å². The SMILES string of the molecule is C=C1NC(=O)N[C@@H](c2ccc(OCC)cc2)[C@@H]1C(=O)OCCSC. The summed E-state index contributed by atoms with van der Waals surface area (Å²) in [5.41, 5.74) is 1.13. The largest absolute Gasteiger partial charge is 0.494 e. The van der Waals surface area contributed by atoms with E-state index < -0.39 is 17.9 Å². The first kappa shape index (κ1) is 18.2. The fourth-order valence-corrected chi connectivity index (χ4v) is 2.74. The number of esters is 1. The van der Waals surface area contributed by atoms with E-state index in [0.29, 0.717) is 18.9 Å². The van der Waals surface area contributed by atoms with E-state index in [0.717, 1.165) is 17.1 Å². The first-order valence-electron chi connectivity index (χ1n) is 7.71. The van der Waals surface area contributed by atoms with E-state index in [1.54, 1.807) is 11.8 Å². The van der Waals surface area contributed by atoms with Crippen LogP contribution in [0.4, 0.5) is 4.79 Å². The Labute approximate surface area is 146 Å². The van der Waals surface area contributed by atoms with Gasteiger partial charge in [-0.3, -0.25) is 4.79 Å². The highest BCUT2D eigenvalue weighted by molar-refractivity contribution is 7.98. The molecule has 6 nitrogen and oxygen atoms in total. The van der Waals surface area contributed by atoms with Crippen molar-refractivity contribution >= 4 is 23.8 Å². The molecule has 24 heavy (non-hydrogen) atoms. The highest BCUT2D eigenvalue weighted by atomic mass is 32.2. The van der Waals surface area contributed by atoms with Crippen molar-refractivity contribution in [3.05, 3.63) is 42.1 Å². The molecule has 0 aliphatic carbocycles. The second-order valence-corrected chi connectivity index (χ2v) is 6.23. The average Bonchev–Trinajstić information content (AvgIpc) is 2.55. The van der Waals surface area contributed by atoms with Crippen molar-refractivity contribution < 1.29 is 19.1 Å². The van der Waals surface area contributed by atoms with Crippen LogP contribution in [-0.2, 0) is 9.53 Å². The first-order valence-corrected chi connectivity index (χ1v) is 9.10. The molecule has 130 valence electrons. The van der Waals surface area contributed by atoms with Crippen molar-refractivity contribution in [2.24, 2.45) is 5.92 Å². The number of hydrogen-bond acceptors (Lipinski definition) is 5. The topological polar surface area (TPSA) is 76.7 Å². The van der Waals surface area contributed by atoms with Crippen molar-refractivity contribution in [3.63, 3.8) is 0 Å². The van der Waals surface area contributed by atoms with Crippen LogP contribution in [0.5, 0.6) is 5.75 Å². The Balaban J connectivity index is 2.19. The van der Waals surface area contributed by atoms with Crippen LogP contribution in [0.15, 0.2) is 36.5 Å². The maximum Gasteiger partial charge on any atom is 0.319 e. The minimum absolute atomic E-state index is 0.327. The molecule has 1 aliphatic heterocycles. The number of urea groups is 1. The number of hydrogen-bond donors (Lipinski definition) is 2. The van der Waals surface area contributed by atoms with Gasteiger partial charge in [-0.25, -0.2) is 4.79 Å². The van der Waals surface area contributed by atoms with Crippen LogP contribution in [0.25, 0.3) is 0 Å². The summed E-state index contributed by atoms with van der Waals surface area (Å²) in [5, 5.41) is 5.34. The summed E-state index contributed by atoms with van der Waals surface area (Å²) >= 11 is 1.60. The molecule has 2 N–H and O–H groups in total. The Morgan fingerprint density at radius 3 is 2.67 bits per heavy atom. The van der Waals surface area contributed by atoms with Crippen molar-refractivity contribution in [3.8, 4) is 5.75 Å². The number of amides is 2. The lowest BCUT2D eigenvalue weighted by Gasteiger charge is -2.33. The Kier molecular flexibility index (Phi) is 6.54. The molecule has 0 saturated carbocycles. The van der Waals surface area contributed by atoms with Gasteiger partial charge in [0.1, 0.15) is 18.3 Å². The van der Waals surface area contributed by atoms with Crippen LogP contribution in [0, 0.1) is 5.92 Å². The molecule has 2 amide bonds. The Morgan fingerprint density at radius 2 is 2.04 bits per heavy atom. The quantitative estimate of drug-likeness (QED) is 0.584. The number of nitrogens with one attached hydrogen (secondary N) is 2. The zero-order valence-electron chi connectivity index (χ0n) is 13.8. The van der Waals surface area contributed by atoms with Gasteiger partial charge in [0.05, 0.1) is 12.6 Å². The lowest BCUT2D eigenvalue weighted by molar-refractivity contribution is -0.147. The summed E-state index contributed by atoms with van der Waals surface area (Å²) in [4.78, 5) is 24.2. The maximum atomic E-state index is 12.4. The Hall–Kier alpha value is -2.15. The Bertz CT molecular complexity index is 603. The lowest BCUT2D eigenvalue weighted by Crippen LogP contribution is -2.51. The zero-order valence-corrected chi connectivity index (χ0v) is 14.7. The van der Waals surface area contributed by atoms with Gasteiger partial charge in [0.25, 0.3) is 0 Å². The van der Waals surface area contributed by atoms with Crippen LogP contribution < -0.4 is 15.4 Å². The molecule has 0 unspecified atom stereocenters. The fourth-order valence-electron chi connectivity index (χ4n) is 2.49. The van der Waals surface area contributed by atoms with E-state index in [9.17, 15) is 9.59 Å². The summed E-state index contributed by atoms with van der Waals surface area (Å²) in [6.45, 7) is 6.62. The minimum atomic E-state index is -0.678. The first-order chi connectivity index (χ1) is 11.6. The van der Waals surface area contributed by atoms with E-state index in [-0.39, 0.29) is 6.03 Å². The standard InChI is InChI=1S/C17H22N2O4S/c1-4-22-13-7-5-12(6-8-13)15-14(11(2)18-17(21)19-15)16(20)23-9-10-24-3/h5-8,14-15H,2,4,9-10H2,1,3H3,(H2,18,19,21)/t14-,15+/m1/s1. The molecule has 2 atom stereocenters. The van der Waals surface area contributed by atoms with E-state index in [2.05, 4.69) is 17.2 Å². The monoisotopic (exact) mass is 350 g/mol. The summed E-state index contributed by atoms with van der Waals surface area (Å²) in [6, 6.07) is 6.38. The minimum Gasteiger partial charge on any atom is -0.494 e. The highest BCUT2D eigenvalue weighted by Crippen LogP contribution is 2.31. The van der Waals surface area contributed by atoms with Gasteiger partial charge in [0.15, 0.2) is 0 Å². The summed E-state index contributed by atoms with van der Waals surface area (Å²) < 4.78 is 10.7. The molecule has 0 bridgehead atoms. The van der Waals surface area contributed by atoms with Gasteiger partial charge in [-0.05, 0) is 30.9 Å². The number of rotatable bonds is 7. The van der Waals surface area contributed by atoms with E-state index in [4.69, 9.17) is 9.47 Å². The van der Waals surface area contributed by atoms with Crippen molar-refractivity contribution in [2.45, 2.75) is 13.0 Å². The third-order valence-corrected chi connectivity index (χ3v) is 4.18. The number of thioether (sulfide) groups is 1. The summed E-state index contributed by atoms with van der Waals surface area (Å²) in [5.74, 6) is 0.376. The lowest BCUT2D eigenvalue weighted by atomic mass is 9.89. The number of ether oxygens (including phenoxy) is 2. The fraction of sp³-hybridized carbons (Fsp3) is 0.412. The third kappa shape index (κ3) is 4.44. The van der Waals surface area contributed by atoms with Crippen LogP contribution in [-0.4, -0.2) is 37.2 Å².